The summed E-state index contributed by atoms with van der Waals surface area (Å²) in [6.07, 6.45) is 0.895. The summed E-state index contributed by atoms with van der Waals surface area (Å²) in [5.41, 5.74) is 1.18. The summed E-state index contributed by atoms with van der Waals surface area (Å²) in [7, 11) is 0. The van der Waals surface area contributed by atoms with E-state index in [1.54, 1.807) is 12.1 Å². The first-order chi connectivity index (χ1) is 7.39. The van der Waals surface area contributed by atoms with Gasteiger partial charge in [0.05, 0.1) is 0 Å². The second-order valence-corrected chi connectivity index (χ2v) is 12.2. The van der Waals surface area contributed by atoms with Crippen LogP contribution >= 0.6 is 22.2 Å². The summed E-state index contributed by atoms with van der Waals surface area (Å²) < 4.78 is 0. The predicted molar refractivity (Wildman–Crippen MR) is 73.7 cm³/mol. The van der Waals surface area contributed by atoms with Crippen molar-refractivity contribution in [1.29, 1.82) is 0 Å². The van der Waals surface area contributed by atoms with E-state index in [1.165, 1.54) is 5.56 Å². The second kappa shape index (κ2) is 5.94. The van der Waals surface area contributed by atoms with Gasteiger partial charge in [-0.25, -0.2) is 0 Å². The van der Waals surface area contributed by atoms with Gasteiger partial charge in [-0.1, -0.05) is 26.0 Å². The van der Waals surface area contributed by atoms with Crippen LogP contribution in [-0.4, -0.2) is 11.8 Å². The van der Waals surface area contributed by atoms with Crippen molar-refractivity contribution in [2.45, 2.75) is 32.4 Å². The van der Waals surface area contributed by atoms with Gasteiger partial charge in [-0.2, -0.15) is 0 Å². The minimum atomic E-state index is -2.08. The second-order valence-electron chi connectivity index (χ2n) is 4.62. The largest absolute Gasteiger partial charge is 0.508 e. The summed E-state index contributed by atoms with van der Waals surface area (Å²) in [5, 5.41) is 9.16. The van der Waals surface area contributed by atoms with E-state index in [2.05, 4.69) is 13.8 Å². The van der Waals surface area contributed by atoms with Crippen LogP contribution in [0.5, 0.6) is 5.75 Å². The number of hydrogen-bond acceptors (Lipinski definition) is 1. The van der Waals surface area contributed by atoms with Crippen LogP contribution in [0.3, 0.4) is 0 Å². The Morgan fingerprint density at radius 3 is 2.25 bits per heavy atom. The smallest absolute Gasteiger partial charge is 0.251 e. The van der Waals surface area contributed by atoms with Gasteiger partial charge < -0.3 is 5.11 Å². The predicted octanol–water partition coefficient (Wildman–Crippen LogP) is 4.51. The first-order valence-corrected chi connectivity index (χ1v) is 9.98. The number of halogens is 2. The Balaban J connectivity index is 2.47. The molecule has 0 amide bonds. The molecule has 1 rings (SSSR count). The third-order valence-corrected chi connectivity index (χ3v) is 6.88. The highest BCUT2D eigenvalue weighted by Crippen LogP contribution is 2.30. The third-order valence-electron chi connectivity index (χ3n) is 2.42. The highest BCUT2D eigenvalue weighted by Gasteiger charge is 2.28. The van der Waals surface area contributed by atoms with Crippen molar-refractivity contribution < 1.29 is 5.11 Å². The van der Waals surface area contributed by atoms with E-state index in [1.807, 2.05) is 12.1 Å². The van der Waals surface area contributed by atoms with Crippen molar-refractivity contribution in [3.05, 3.63) is 29.8 Å². The molecule has 0 aliphatic rings. The number of benzene rings is 1. The summed E-state index contributed by atoms with van der Waals surface area (Å²) in [4.78, 5) is 0. The lowest BCUT2D eigenvalue weighted by Gasteiger charge is -2.18. The minimum absolute atomic E-state index is 0.297. The zero-order chi connectivity index (χ0) is 12.2. The molecule has 1 aromatic carbocycles. The van der Waals surface area contributed by atoms with E-state index in [9.17, 15) is 0 Å². The minimum Gasteiger partial charge on any atom is -0.508 e. The quantitative estimate of drug-likeness (QED) is 0.620. The van der Waals surface area contributed by atoms with Gasteiger partial charge >= 0.3 is 0 Å². The molecule has 1 N–H and O–H groups in total. The normalized spacial score (nSPS) is 12.1. The standard InChI is InChI=1S/C12H18Cl2OSi/c1-10(2)9-16(13,14)8-7-11-3-5-12(15)6-4-11/h3-6,10,15H,7-9H2,1-2H3. The van der Waals surface area contributed by atoms with Crippen molar-refractivity contribution in [3.8, 4) is 5.75 Å². The molecular formula is C12H18Cl2OSi. The van der Waals surface area contributed by atoms with Crippen LogP contribution in [0, 0.1) is 5.92 Å². The molecule has 0 heterocycles. The molecule has 0 bridgehead atoms. The summed E-state index contributed by atoms with van der Waals surface area (Å²) >= 11 is 12.7. The Labute approximate surface area is 108 Å². The first-order valence-electron chi connectivity index (χ1n) is 5.55. The van der Waals surface area contributed by atoms with Crippen molar-refractivity contribution in [2.24, 2.45) is 5.92 Å². The molecule has 1 nitrogen and oxygen atoms in total. The summed E-state index contributed by atoms with van der Waals surface area (Å²) in [6, 6.07) is 9.05. The van der Waals surface area contributed by atoms with Gasteiger partial charge in [0.1, 0.15) is 5.75 Å². The Morgan fingerprint density at radius 1 is 1.19 bits per heavy atom. The van der Waals surface area contributed by atoms with Gasteiger partial charge in [-0.15, -0.1) is 22.2 Å². The molecule has 1 aromatic rings. The summed E-state index contributed by atoms with van der Waals surface area (Å²) in [5.74, 6) is 0.854. The van der Waals surface area contributed by atoms with Gasteiger partial charge in [0.2, 0.25) is 0 Å². The van der Waals surface area contributed by atoms with Crippen LogP contribution in [0.25, 0.3) is 0 Å². The topological polar surface area (TPSA) is 20.2 Å². The van der Waals surface area contributed by atoms with E-state index < -0.39 is 6.69 Å². The van der Waals surface area contributed by atoms with Gasteiger partial charge in [-0.3, -0.25) is 0 Å². The number of rotatable bonds is 5. The number of aryl methyl sites for hydroxylation is 1. The molecule has 0 radical (unpaired) electrons. The fraction of sp³-hybridized carbons (Fsp3) is 0.500. The Morgan fingerprint density at radius 2 is 1.75 bits per heavy atom. The van der Waals surface area contributed by atoms with Crippen molar-refractivity contribution in [1.82, 2.24) is 0 Å². The SMILES string of the molecule is CC(C)C[Si](Cl)(Cl)CCc1ccc(O)cc1. The fourth-order valence-corrected chi connectivity index (χ4v) is 6.16. The zero-order valence-electron chi connectivity index (χ0n) is 9.71. The van der Waals surface area contributed by atoms with E-state index in [4.69, 9.17) is 27.3 Å². The molecule has 4 heteroatoms. The lowest BCUT2D eigenvalue weighted by atomic mass is 10.2. The Hall–Kier alpha value is -0.183. The van der Waals surface area contributed by atoms with Crippen LogP contribution in [0.15, 0.2) is 24.3 Å². The monoisotopic (exact) mass is 276 g/mol. The molecule has 0 aromatic heterocycles. The molecule has 0 saturated heterocycles. The number of aromatic hydroxyl groups is 1. The van der Waals surface area contributed by atoms with E-state index in [0.29, 0.717) is 11.7 Å². The molecule has 0 saturated carbocycles. The lowest BCUT2D eigenvalue weighted by Crippen LogP contribution is -2.21. The molecule has 0 atom stereocenters. The van der Waals surface area contributed by atoms with Crippen LogP contribution in [-0.2, 0) is 6.42 Å². The Bertz CT molecular complexity index is 322. The highest BCUT2D eigenvalue weighted by atomic mass is 35.7. The molecule has 0 aliphatic heterocycles. The Kier molecular flexibility index (Phi) is 5.16. The fourth-order valence-electron chi connectivity index (χ4n) is 1.69. The molecule has 0 spiro atoms. The third kappa shape index (κ3) is 5.24. The van der Waals surface area contributed by atoms with Crippen molar-refractivity contribution >= 4 is 28.9 Å². The lowest BCUT2D eigenvalue weighted by molar-refractivity contribution is 0.475. The molecule has 16 heavy (non-hydrogen) atoms. The van der Waals surface area contributed by atoms with Crippen molar-refractivity contribution in [2.75, 3.05) is 0 Å². The van der Waals surface area contributed by atoms with E-state index in [0.717, 1.165) is 18.5 Å². The van der Waals surface area contributed by atoms with Crippen LogP contribution < -0.4 is 0 Å². The first kappa shape index (κ1) is 13.9. The van der Waals surface area contributed by atoms with Gasteiger partial charge in [-0.05, 0) is 42.1 Å². The van der Waals surface area contributed by atoms with Gasteiger partial charge in [0.15, 0.2) is 0 Å². The number of phenols is 1. The van der Waals surface area contributed by atoms with E-state index in [-0.39, 0.29) is 0 Å². The highest BCUT2D eigenvalue weighted by molar-refractivity contribution is 7.45. The maximum Gasteiger partial charge on any atom is 0.251 e. The maximum absolute atomic E-state index is 9.16. The molecular weight excluding hydrogens is 259 g/mol. The molecule has 0 aliphatic carbocycles. The van der Waals surface area contributed by atoms with Crippen LogP contribution in [0.4, 0.5) is 0 Å². The number of phenolic OH excluding ortho intramolecular Hbond substituents is 1. The molecule has 0 fully saturated rings. The summed E-state index contributed by atoms with van der Waals surface area (Å²) in [6.45, 7) is 2.21. The van der Waals surface area contributed by atoms with Crippen molar-refractivity contribution in [3.63, 3.8) is 0 Å². The van der Waals surface area contributed by atoms with Gasteiger partial charge in [0, 0.05) is 0 Å². The molecule has 90 valence electrons. The maximum atomic E-state index is 9.16. The van der Waals surface area contributed by atoms with Gasteiger partial charge in [0.25, 0.3) is 6.69 Å². The molecule has 0 unspecified atom stereocenters. The average Bonchev–Trinajstić information content (AvgIpc) is 2.15. The van der Waals surface area contributed by atoms with E-state index >= 15 is 0 Å². The average molecular weight is 277 g/mol. The number of hydrogen-bond donors (Lipinski definition) is 1. The van der Waals surface area contributed by atoms with Crippen LogP contribution in [0.2, 0.25) is 12.1 Å². The van der Waals surface area contributed by atoms with Crippen LogP contribution in [0.1, 0.15) is 19.4 Å². The zero-order valence-corrected chi connectivity index (χ0v) is 12.2.